The minimum absolute atomic E-state index is 0.0429. The number of nitrogens with zero attached hydrogens (tertiary/aromatic N) is 3. The summed E-state index contributed by atoms with van der Waals surface area (Å²) in [6, 6.07) is -0.149. The van der Waals surface area contributed by atoms with Crippen LogP contribution < -0.4 is 5.32 Å². The van der Waals surface area contributed by atoms with Gasteiger partial charge in [0.1, 0.15) is 6.04 Å². The molecule has 1 aromatic heterocycles. The summed E-state index contributed by atoms with van der Waals surface area (Å²) in [5.41, 5.74) is 0. The predicted octanol–water partition coefficient (Wildman–Crippen LogP) is 2.54. The Balaban J connectivity index is 1.49. The second kappa shape index (κ2) is 7.96. The standard InChI is InChI=1S/C17H28N4O3/c1-12(2)10-18-17(22)21-8-3-4-14(21)16-19-15(20-24-16)7-9-23-11-13-5-6-13/h12-14H,3-11H2,1-2H3,(H,18,22). The zero-order valence-electron chi connectivity index (χ0n) is 14.7. The molecular formula is C17H28N4O3. The number of ether oxygens (including phenoxy) is 1. The Labute approximate surface area is 143 Å². The van der Waals surface area contributed by atoms with Crippen molar-refractivity contribution in [1.29, 1.82) is 0 Å². The summed E-state index contributed by atoms with van der Waals surface area (Å²) in [5.74, 6) is 2.41. The summed E-state index contributed by atoms with van der Waals surface area (Å²) in [5, 5.41) is 7.00. The maximum absolute atomic E-state index is 12.3. The van der Waals surface area contributed by atoms with Gasteiger partial charge in [-0.3, -0.25) is 0 Å². The molecule has 134 valence electrons. The molecule has 3 rings (SSSR count). The molecular weight excluding hydrogens is 308 g/mol. The number of hydrogen-bond donors (Lipinski definition) is 1. The Morgan fingerprint density at radius 3 is 3.00 bits per heavy atom. The number of nitrogens with one attached hydrogen (secondary N) is 1. The van der Waals surface area contributed by atoms with E-state index in [1.165, 1.54) is 12.8 Å². The van der Waals surface area contributed by atoms with Crippen LogP contribution in [0.25, 0.3) is 0 Å². The lowest BCUT2D eigenvalue weighted by molar-refractivity contribution is 0.125. The van der Waals surface area contributed by atoms with E-state index in [2.05, 4.69) is 29.3 Å². The number of rotatable bonds is 8. The van der Waals surface area contributed by atoms with E-state index in [1.807, 2.05) is 4.90 Å². The first-order chi connectivity index (χ1) is 11.6. The van der Waals surface area contributed by atoms with E-state index in [9.17, 15) is 4.79 Å². The molecule has 24 heavy (non-hydrogen) atoms. The van der Waals surface area contributed by atoms with Crippen LogP contribution in [-0.4, -0.2) is 47.4 Å². The van der Waals surface area contributed by atoms with Crippen molar-refractivity contribution in [3.63, 3.8) is 0 Å². The number of urea groups is 1. The van der Waals surface area contributed by atoms with Crippen molar-refractivity contribution in [2.75, 3.05) is 26.3 Å². The van der Waals surface area contributed by atoms with Crippen molar-refractivity contribution in [3.05, 3.63) is 11.7 Å². The summed E-state index contributed by atoms with van der Waals surface area (Å²) in [4.78, 5) is 18.6. The van der Waals surface area contributed by atoms with Crippen LogP contribution in [0.2, 0.25) is 0 Å². The second-order valence-corrected chi connectivity index (χ2v) is 7.25. The molecule has 1 atom stereocenters. The third-order valence-corrected chi connectivity index (χ3v) is 4.46. The molecule has 1 saturated carbocycles. The second-order valence-electron chi connectivity index (χ2n) is 7.25. The van der Waals surface area contributed by atoms with Crippen molar-refractivity contribution in [3.8, 4) is 0 Å². The zero-order valence-corrected chi connectivity index (χ0v) is 14.7. The van der Waals surface area contributed by atoms with Crippen LogP contribution in [0.3, 0.4) is 0 Å². The summed E-state index contributed by atoms with van der Waals surface area (Å²) in [6.45, 7) is 7.04. The maximum atomic E-state index is 12.3. The summed E-state index contributed by atoms with van der Waals surface area (Å²) in [6.07, 6.45) is 5.07. The molecule has 7 nitrogen and oxygen atoms in total. The van der Waals surface area contributed by atoms with Gasteiger partial charge in [-0.15, -0.1) is 0 Å². The molecule has 1 N–H and O–H groups in total. The van der Waals surface area contributed by atoms with Gasteiger partial charge in [-0.1, -0.05) is 19.0 Å². The first-order valence-corrected chi connectivity index (χ1v) is 9.08. The monoisotopic (exact) mass is 336 g/mol. The lowest BCUT2D eigenvalue weighted by Gasteiger charge is -2.22. The molecule has 2 fully saturated rings. The van der Waals surface area contributed by atoms with Gasteiger partial charge in [-0.25, -0.2) is 4.79 Å². The smallest absolute Gasteiger partial charge is 0.318 e. The molecule has 0 radical (unpaired) electrons. The molecule has 0 aromatic carbocycles. The molecule has 2 amide bonds. The lowest BCUT2D eigenvalue weighted by Crippen LogP contribution is -2.41. The van der Waals surface area contributed by atoms with Gasteiger partial charge < -0.3 is 19.5 Å². The van der Waals surface area contributed by atoms with E-state index in [0.717, 1.165) is 31.9 Å². The molecule has 2 aliphatic rings. The molecule has 0 bridgehead atoms. The molecule has 0 spiro atoms. The van der Waals surface area contributed by atoms with Crippen molar-refractivity contribution in [2.24, 2.45) is 11.8 Å². The third kappa shape index (κ3) is 4.69. The Hall–Kier alpha value is -1.63. The van der Waals surface area contributed by atoms with Gasteiger partial charge in [-0.05, 0) is 37.5 Å². The van der Waals surface area contributed by atoms with Crippen LogP contribution >= 0.6 is 0 Å². The summed E-state index contributed by atoms with van der Waals surface area (Å²) in [7, 11) is 0. The van der Waals surface area contributed by atoms with E-state index in [-0.39, 0.29) is 12.1 Å². The van der Waals surface area contributed by atoms with Crippen molar-refractivity contribution >= 4 is 6.03 Å². The summed E-state index contributed by atoms with van der Waals surface area (Å²) < 4.78 is 11.0. The van der Waals surface area contributed by atoms with Crippen LogP contribution in [0.1, 0.15) is 57.3 Å². The highest BCUT2D eigenvalue weighted by Crippen LogP contribution is 2.31. The van der Waals surface area contributed by atoms with Crippen LogP contribution in [-0.2, 0) is 11.2 Å². The lowest BCUT2D eigenvalue weighted by atomic mass is 10.2. The molecule has 1 aliphatic carbocycles. The van der Waals surface area contributed by atoms with Gasteiger partial charge in [0, 0.05) is 26.1 Å². The van der Waals surface area contributed by atoms with Crippen molar-refractivity contribution in [1.82, 2.24) is 20.4 Å². The van der Waals surface area contributed by atoms with E-state index >= 15 is 0 Å². The van der Waals surface area contributed by atoms with Gasteiger partial charge >= 0.3 is 6.03 Å². The van der Waals surface area contributed by atoms with Gasteiger partial charge in [0.25, 0.3) is 0 Å². The SMILES string of the molecule is CC(C)CNC(=O)N1CCCC1c1nc(CCOCC2CC2)no1. The van der Waals surface area contributed by atoms with Crippen molar-refractivity contribution in [2.45, 2.75) is 52.0 Å². The maximum Gasteiger partial charge on any atom is 0.318 e. The minimum Gasteiger partial charge on any atom is -0.381 e. The number of carbonyl (C=O) groups excluding carboxylic acids is 1. The van der Waals surface area contributed by atoms with Crippen LogP contribution in [0.15, 0.2) is 4.52 Å². The Morgan fingerprint density at radius 2 is 2.25 bits per heavy atom. The number of aromatic nitrogens is 2. The summed E-state index contributed by atoms with van der Waals surface area (Å²) >= 11 is 0. The highest BCUT2D eigenvalue weighted by atomic mass is 16.5. The predicted molar refractivity (Wildman–Crippen MR) is 88.5 cm³/mol. The number of hydrogen-bond acceptors (Lipinski definition) is 5. The van der Waals surface area contributed by atoms with Gasteiger partial charge in [0.15, 0.2) is 5.82 Å². The van der Waals surface area contributed by atoms with Gasteiger partial charge in [0.2, 0.25) is 5.89 Å². The van der Waals surface area contributed by atoms with E-state index in [4.69, 9.17) is 9.26 Å². The van der Waals surface area contributed by atoms with Crippen LogP contribution in [0.5, 0.6) is 0 Å². The fraction of sp³-hybridized carbons (Fsp3) is 0.824. The molecule has 1 saturated heterocycles. The Kier molecular flexibility index (Phi) is 5.71. The van der Waals surface area contributed by atoms with Gasteiger partial charge in [0.05, 0.1) is 6.61 Å². The molecule has 1 unspecified atom stereocenters. The van der Waals surface area contributed by atoms with Gasteiger partial charge in [-0.2, -0.15) is 4.98 Å². The quantitative estimate of drug-likeness (QED) is 0.738. The largest absolute Gasteiger partial charge is 0.381 e. The normalized spacial score (nSPS) is 20.8. The highest BCUT2D eigenvalue weighted by Gasteiger charge is 2.34. The molecule has 7 heteroatoms. The highest BCUT2D eigenvalue weighted by molar-refractivity contribution is 5.74. The Bertz CT molecular complexity index is 542. The average molecular weight is 336 g/mol. The van der Waals surface area contributed by atoms with Crippen LogP contribution in [0, 0.1) is 11.8 Å². The van der Waals surface area contributed by atoms with E-state index in [1.54, 1.807) is 0 Å². The number of carbonyl (C=O) groups is 1. The molecule has 1 aliphatic heterocycles. The first-order valence-electron chi connectivity index (χ1n) is 9.08. The zero-order chi connectivity index (χ0) is 16.9. The fourth-order valence-corrected chi connectivity index (χ4v) is 2.86. The number of amides is 2. The molecule has 2 heterocycles. The fourth-order valence-electron chi connectivity index (χ4n) is 2.86. The van der Waals surface area contributed by atoms with E-state index < -0.39 is 0 Å². The topological polar surface area (TPSA) is 80.5 Å². The Morgan fingerprint density at radius 1 is 1.42 bits per heavy atom. The average Bonchev–Trinajstić information content (AvgIpc) is 3.07. The third-order valence-electron chi connectivity index (χ3n) is 4.46. The van der Waals surface area contributed by atoms with Crippen LogP contribution in [0.4, 0.5) is 4.79 Å². The minimum atomic E-state index is -0.106. The molecule has 1 aromatic rings. The van der Waals surface area contributed by atoms with Crippen molar-refractivity contribution < 1.29 is 14.1 Å². The van der Waals surface area contributed by atoms with E-state index in [0.29, 0.717) is 37.2 Å². The number of likely N-dealkylation sites (tertiary alicyclic amines) is 1. The first kappa shape index (κ1) is 17.2.